The van der Waals surface area contributed by atoms with Crippen LogP contribution in [0.25, 0.3) is 0 Å². The minimum Gasteiger partial charge on any atom is -0.294 e. The zero-order valence-electron chi connectivity index (χ0n) is 10.6. The minimum atomic E-state index is -0.411. The molecule has 2 aromatic rings. The van der Waals surface area contributed by atoms with Crippen LogP contribution in [0.15, 0.2) is 48.5 Å². The molecule has 1 aliphatic carbocycles. The number of hydrogen-bond acceptors (Lipinski definition) is 1. The third-order valence-electron chi connectivity index (χ3n) is 3.86. The molecular formula is C17H15FO. The molecule has 0 N–H and O–H groups in total. The van der Waals surface area contributed by atoms with Crippen molar-refractivity contribution in [2.24, 2.45) is 5.92 Å². The van der Waals surface area contributed by atoms with Gasteiger partial charge in [-0.15, -0.1) is 0 Å². The number of Topliss-reactive ketones (excluding diaryl/α,β-unsaturated/α-hetero) is 1. The molecule has 0 aromatic heterocycles. The van der Waals surface area contributed by atoms with Crippen LogP contribution in [-0.2, 0) is 12.8 Å². The fourth-order valence-corrected chi connectivity index (χ4v) is 2.80. The summed E-state index contributed by atoms with van der Waals surface area (Å²) in [6, 6.07) is 14.5. The van der Waals surface area contributed by atoms with E-state index in [4.69, 9.17) is 0 Å². The third kappa shape index (κ3) is 2.30. The van der Waals surface area contributed by atoms with Gasteiger partial charge in [0, 0.05) is 5.92 Å². The molecule has 2 heteroatoms. The molecule has 0 bridgehead atoms. The van der Waals surface area contributed by atoms with Crippen LogP contribution in [-0.4, -0.2) is 5.78 Å². The van der Waals surface area contributed by atoms with E-state index in [0.29, 0.717) is 0 Å². The van der Waals surface area contributed by atoms with Gasteiger partial charge in [0.15, 0.2) is 5.78 Å². The van der Waals surface area contributed by atoms with Crippen LogP contribution in [0.2, 0.25) is 0 Å². The van der Waals surface area contributed by atoms with Gasteiger partial charge in [0.1, 0.15) is 5.82 Å². The van der Waals surface area contributed by atoms with E-state index in [1.54, 1.807) is 18.2 Å². The van der Waals surface area contributed by atoms with Crippen LogP contribution >= 0.6 is 0 Å². The number of carbonyl (C=O) groups excluding carboxylic acids is 1. The molecule has 0 spiro atoms. The number of aryl methyl sites for hydroxylation is 1. The summed E-state index contributed by atoms with van der Waals surface area (Å²) in [5.41, 5.74) is 2.77. The Balaban J connectivity index is 1.86. The lowest BCUT2D eigenvalue weighted by Crippen LogP contribution is -2.23. The third-order valence-corrected chi connectivity index (χ3v) is 3.86. The molecule has 1 nitrogen and oxygen atoms in total. The van der Waals surface area contributed by atoms with E-state index in [1.807, 2.05) is 12.1 Å². The fourth-order valence-electron chi connectivity index (χ4n) is 2.80. The van der Waals surface area contributed by atoms with Crippen molar-refractivity contribution < 1.29 is 9.18 Å². The van der Waals surface area contributed by atoms with E-state index in [9.17, 15) is 9.18 Å². The summed E-state index contributed by atoms with van der Waals surface area (Å²) in [5, 5.41) is 0. The number of ketones is 1. The average Bonchev–Trinajstić information content (AvgIpc) is 2.46. The van der Waals surface area contributed by atoms with Crippen LogP contribution < -0.4 is 0 Å². The second-order valence-corrected chi connectivity index (χ2v) is 5.05. The minimum absolute atomic E-state index is 0.0624. The van der Waals surface area contributed by atoms with Crippen molar-refractivity contribution in [3.05, 3.63) is 71.0 Å². The first-order chi connectivity index (χ1) is 9.25. The van der Waals surface area contributed by atoms with Crippen molar-refractivity contribution in [2.45, 2.75) is 19.3 Å². The Kier molecular flexibility index (Phi) is 3.16. The Labute approximate surface area is 112 Å². The van der Waals surface area contributed by atoms with Crippen molar-refractivity contribution in [1.29, 1.82) is 0 Å². The van der Waals surface area contributed by atoms with Crippen molar-refractivity contribution in [2.75, 3.05) is 0 Å². The van der Waals surface area contributed by atoms with Gasteiger partial charge >= 0.3 is 0 Å². The maximum atomic E-state index is 13.7. The Morgan fingerprint density at radius 3 is 2.47 bits per heavy atom. The van der Waals surface area contributed by atoms with Gasteiger partial charge < -0.3 is 0 Å². The molecule has 0 heterocycles. The van der Waals surface area contributed by atoms with Gasteiger partial charge in [-0.05, 0) is 42.5 Å². The predicted molar refractivity (Wildman–Crippen MR) is 72.7 cm³/mol. The highest BCUT2D eigenvalue weighted by molar-refractivity contribution is 5.98. The van der Waals surface area contributed by atoms with E-state index < -0.39 is 5.82 Å². The summed E-state index contributed by atoms with van der Waals surface area (Å²) in [4.78, 5) is 12.4. The Hall–Kier alpha value is -1.96. The Morgan fingerprint density at radius 1 is 1.00 bits per heavy atom. The molecule has 1 aliphatic rings. The lowest BCUT2D eigenvalue weighted by molar-refractivity contribution is 0.0904. The summed E-state index contributed by atoms with van der Waals surface area (Å²) in [6.07, 6.45) is 2.44. The van der Waals surface area contributed by atoms with E-state index in [2.05, 4.69) is 12.1 Å². The molecule has 1 atom stereocenters. The largest absolute Gasteiger partial charge is 0.294 e. The normalized spacial score (nSPS) is 17.8. The SMILES string of the molecule is O=C(c1ccccc1F)C1CCc2ccccc2C1. The van der Waals surface area contributed by atoms with E-state index >= 15 is 0 Å². The number of halogens is 1. The van der Waals surface area contributed by atoms with Gasteiger partial charge in [0.2, 0.25) is 0 Å². The molecule has 2 aromatic carbocycles. The molecule has 1 unspecified atom stereocenters. The summed E-state index contributed by atoms with van der Waals surface area (Å²) >= 11 is 0. The molecule has 0 fully saturated rings. The highest BCUT2D eigenvalue weighted by Crippen LogP contribution is 2.28. The lowest BCUT2D eigenvalue weighted by Gasteiger charge is -2.23. The summed E-state index contributed by atoms with van der Waals surface area (Å²) in [6.45, 7) is 0. The van der Waals surface area contributed by atoms with Gasteiger partial charge in [-0.1, -0.05) is 36.4 Å². The topological polar surface area (TPSA) is 17.1 Å². The first kappa shape index (κ1) is 12.1. The second-order valence-electron chi connectivity index (χ2n) is 5.05. The summed E-state index contributed by atoms with van der Waals surface area (Å²) < 4.78 is 13.7. The van der Waals surface area contributed by atoms with Crippen LogP contribution in [0, 0.1) is 11.7 Å². The molecule has 0 amide bonds. The van der Waals surface area contributed by atoms with Crippen molar-refractivity contribution in [1.82, 2.24) is 0 Å². The van der Waals surface area contributed by atoms with Gasteiger partial charge in [-0.2, -0.15) is 0 Å². The maximum Gasteiger partial charge on any atom is 0.169 e. The van der Waals surface area contributed by atoms with Gasteiger partial charge in [-0.3, -0.25) is 4.79 Å². The van der Waals surface area contributed by atoms with E-state index in [-0.39, 0.29) is 17.3 Å². The van der Waals surface area contributed by atoms with Crippen LogP contribution in [0.3, 0.4) is 0 Å². The van der Waals surface area contributed by atoms with Gasteiger partial charge in [-0.25, -0.2) is 4.39 Å². The molecule has 0 aliphatic heterocycles. The predicted octanol–water partition coefficient (Wildman–Crippen LogP) is 3.81. The number of benzene rings is 2. The monoisotopic (exact) mass is 254 g/mol. The first-order valence-corrected chi connectivity index (χ1v) is 6.61. The maximum absolute atomic E-state index is 13.7. The standard InChI is InChI=1S/C17H15FO/c18-16-8-4-3-7-15(16)17(19)14-10-9-12-5-1-2-6-13(12)11-14/h1-8,14H,9-11H2. The fraction of sp³-hybridized carbons (Fsp3) is 0.235. The first-order valence-electron chi connectivity index (χ1n) is 6.61. The van der Waals surface area contributed by atoms with Crippen molar-refractivity contribution in [3.8, 4) is 0 Å². The quantitative estimate of drug-likeness (QED) is 0.745. The average molecular weight is 254 g/mol. The highest BCUT2D eigenvalue weighted by Gasteiger charge is 2.26. The van der Waals surface area contributed by atoms with Crippen LogP contribution in [0.1, 0.15) is 27.9 Å². The number of fused-ring (bicyclic) bond motifs is 1. The van der Waals surface area contributed by atoms with Gasteiger partial charge in [0.25, 0.3) is 0 Å². The van der Waals surface area contributed by atoms with Gasteiger partial charge in [0.05, 0.1) is 5.56 Å². The number of hydrogen-bond donors (Lipinski definition) is 0. The number of rotatable bonds is 2. The lowest BCUT2D eigenvalue weighted by atomic mass is 9.80. The second kappa shape index (κ2) is 4.96. The smallest absolute Gasteiger partial charge is 0.169 e. The number of carbonyl (C=O) groups is 1. The molecule has 3 rings (SSSR count). The molecular weight excluding hydrogens is 239 g/mol. The highest BCUT2D eigenvalue weighted by atomic mass is 19.1. The molecule has 0 radical (unpaired) electrons. The summed E-state index contributed by atoms with van der Waals surface area (Å²) in [7, 11) is 0. The molecule has 19 heavy (non-hydrogen) atoms. The van der Waals surface area contributed by atoms with Crippen molar-refractivity contribution >= 4 is 5.78 Å². The Bertz CT molecular complexity index is 618. The molecule has 96 valence electrons. The Morgan fingerprint density at radius 2 is 1.68 bits per heavy atom. The molecule has 0 saturated carbocycles. The molecule has 0 saturated heterocycles. The van der Waals surface area contributed by atoms with Crippen molar-refractivity contribution in [3.63, 3.8) is 0 Å². The summed E-state index contributed by atoms with van der Waals surface area (Å²) in [5.74, 6) is -0.564. The zero-order valence-corrected chi connectivity index (χ0v) is 10.6. The van der Waals surface area contributed by atoms with Crippen LogP contribution in [0.4, 0.5) is 4.39 Å². The zero-order chi connectivity index (χ0) is 13.2. The van der Waals surface area contributed by atoms with Crippen LogP contribution in [0.5, 0.6) is 0 Å². The van der Waals surface area contributed by atoms with E-state index in [0.717, 1.165) is 19.3 Å². The van der Waals surface area contributed by atoms with E-state index in [1.165, 1.54) is 17.2 Å².